The van der Waals surface area contributed by atoms with Crippen LogP contribution in [0, 0.1) is 0 Å². The fraction of sp³-hybridized carbons (Fsp3) is 0.556. The molecule has 2 rings (SSSR count). The van der Waals surface area contributed by atoms with Crippen LogP contribution in [0.1, 0.15) is 11.6 Å². The molecule has 1 aromatic rings. The minimum atomic E-state index is -0.212. The molecule has 0 radical (unpaired) electrons. The Labute approximate surface area is 82.3 Å². The largest absolute Gasteiger partial charge is 0.376 e. The zero-order valence-corrected chi connectivity index (χ0v) is 7.80. The molecule has 1 aliphatic rings. The Morgan fingerprint density at radius 1 is 1.36 bits per heavy atom. The number of nitrogens with zero attached hydrogens (tertiary/aromatic N) is 2. The highest BCUT2D eigenvalue weighted by molar-refractivity contribution is 5.10. The molecule has 0 bridgehead atoms. The van der Waals surface area contributed by atoms with Crippen molar-refractivity contribution in [1.82, 2.24) is 9.97 Å². The Hall–Kier alpha value is -1.04. The molecule has 2 N–H and O–H groups in total. The number of rotatable bonds is 2. The minimum Gasteiger partial charge on any atom is -0.376 e. The summed E-state index contributed by atoms with van der Waals surface area (Å²) in [7, 11) is 0. The van der Waals surface area contributed by atoms with E-state index >= 15 is 0 Å². The van der Waals surface area contributed by atoms with Crippen molar-refractivity contribution >= 4 is 0 Å². The number of hydrogen-bond donors (Lipinski definition) is 1. The molecule has 0 spiro atoms. The number of hydrogen-bond acceptors (Lipinski definition) is 5. The van der Waals surface area contributed by atoms with E-state index in [1.165, 1.54) is 6.33 Å². The van der Waals surface area contributed by atoms with Crippen molar-refractivity contribution in [3.8, 4) is 0 Å². The van der Waals surface area contributed by atoms with Gasteiger partial charge in [0.25, 0.3) is 0 Å². The predicted octanol–water partition coefficient (Wildman–Crippen LogP) is -0.108. The van der Waals surface area contributed by atoms with Crippen LogP contribution in [-0.2, 0) is 9.47 Å². The van der Waals surface area contributed by atoms with Crippen molar-refractivity contribution in [2.75, 3.05) is 19.8 Å². The van der Waals surface area contributed by atoms with Gasteiger partial charge in [0.15, 0.2) is 0 Å². The van der Waals surface area contributed by atoms with E-state index < -0.39 is 0 Å². The average Bonchev–Trinajstić information content (AvgIpc) is 2.30. The summed E-state index contributed by atoms with van der Waals surface area (Å²) in [6.07, 6.45) is 4.80. The second kappa shape index (κ2) is 4.45. The third-order valence-electron chi connectivity index (χ3n) is 2.21. The molecule has 5 nitrogen and oxygen atoms in total. The lowest BCUT2D eigenvalue weighted by Gasteiger charge is -2.27. The van der Waals surface area contributed by atoms with E-state index in [0.29, 0.717) is 19.8 Å². The van der Waals surface area contributed by atoms with Crippen LogP contribution in [0.4, 0.5) is 0 Å². The molecule has 14 heavy (non-hydrogen) atoms. The van der Waals surface area contributed by atoms with Crippen LogP contribution in [0.2, 0.25) is 0 Å². The summed E-state index contributed by atoms with van der Waals surface area (Å²) < 4.78 is 10.8. The van der Waals surface area contributed by atoms with Crippen molar-refractivity contribution in [3.05, 3.63) is 24.3 Å². The smallest absolute Gasteiger partial charge is 0.115 e. The quantitative estimate of drug-likeness (QED) is 0.713. The van der Waals surface area contributed by atoms with E-state index in [1.807, 2.05) is 0 Å². The van der Waals surface area contributed by atoms with Crippen molar-refractivity contribution in [1.29, 1.82) is 0 Å². The monoisotopic (exact) mass is 195 g/mol. The molecule has 5 heteroatoms. The first-order chi connectivity index (χ1) is 6.88. The first kappa shape index (κ1) is 9.51. The van der Waals surface area contributed by atoms with Gasteiger partial charge < -0.3 is 15.2 Å². The number of nitrogens with two attached hydrogens (primary N) is 1. The molecule has 1 fully saturated rings. The lowest BCUT2D eigenvalue weighted by atomic mass is 10.1. The lowest BCUT2D eigenvalue weighted by Crippen LogP contribution is -2.37. The molecule has 2 unspecified atom stereocenters. The predicted molar refractivity (Wildman–Crippen MR) is 49.5 cm³/mol. The summed E-state index contributed by atoms with van der Waals surface area (Å²) in [5, 5.41) is 0. The van der Waals surface area contributed by atoms with Gasteiger partial charge in [0, 0.05) is 18.0 Å². The Morgan fingerprint density at radius 3 is 2.79 bits per heavy atom. The number of ether oxygens (including phenoxy) is 2. The molecule has 0 saturated carbocycles. The van der Waals surface area contributed by atoms with E-state index in [0.717, 1.165) is 5.56 Å². The number of aromatic nitrogens is 2. The van der Waals surface area contributed by atoms with Gasteiger partial charge >= 0.3 is 0 Å². The maximum atomic E-state index is 5.98. The molecule has 0 aliphatic carbocycles. The molecule has 1 aliphatic heterocycles. The third-order valence-corrected chi connectivity index (χ3v) is 2.21. The van der Waals surface area contributed by atoms with Gasteiger partial charge in [-0.25, -0.2) is 9.97 Å². The van der Waals surface area contributed by atoms with Crippen molar-refractivity contribution in [2.24, 2.45) is 5.73 Å². The molecule has 2 heterocycles. The van der Waals surface area contributed by atoms with E-state index in [9.17, 15) is 0 Å². The Balaban J connectivity index is 2.03. The van der Waals surface area contributed by atoms with Gasteiger partial charge in [-0.15, -0.1) is 0 Å². The standard InChI is InChI=1S/C9H13N3O2/c10-9(7-3-11-6-12-4-7)8-5-13-1-2-14-8/h3-4,6,8-9H,1-2,5,10H2. The maximum absolute atomic E-state index is 5.98. The zero-order chi connectivity index (χ0) is 9.80. The highest BCUT2D eigenvalue weighted by Crippen LogP contribution is 2.17. The summed E-state index contributed by atoms with van der Waals surface area (Å²) in [5.74, 6) is 0. The second-order valence-electron chi connectivity index (χ2n) is 3.18. The maximum Gasteiger partial charge on any atom is 0.115 e. The minimum absolute atomic E-state index is 0.0882. The van der Waals surface area contributed by atoms with Crippen molar-refractivity contribution in [3.63, 3.8) is 0 Å². The molecule has 1 saturated heterocycles. The molecule has 76 valence electrons. The fourth-order valence-electron chi connectivity index (χ4n) is 1.41. The molecule has 0 amide bonds. The molecule has 1 aromatic heterocycles. The van der Waals surface area contributed by atoms with Gasteiger partial charge in [-0.3, -0.25) is 0 Å². The summed E-state index contributed by atoms with van der Waals surface area (Å²) in [6, 6.07) is -0.212. The highest BCUT2D eigenvalue weighted by Gasteiger charge is 2.23. The summed E-state index contributed by atoms with van der Waals surface area (Å²) in [4.78, 5) is 7.83. The molecular formula is C9H13N3O2. The topological polar surface area (TPSA) is 70.3 Å². The Morgan fingerprint density at radius 2 is 2.14 bits per heavy atom. The lowest BCUT2D eigenvalue weighted by molar-refractivity contribution is -0.0976. The first-order valence-electron chi connectivity index (χ1n) is 4.58. The SMILES string of the molecule is NC(c1cncnc1)C1COCCO1. The van der Waals surface area contributed by atoms with E-state index in [4.69, 9.17) is 15.2 Å². The van der Waals surface area contributed by atoms with E-state index in [-0.39, 0.29) is 12.1 Å². The first-order valence-corrected chi connectivity index (χ1v) is 4.58. The Kier molecular flexibility index (Phi) is 3.03. The van der Waals surface area contributed by atoms with Crippen LogP contribution in [0.3, 0.4) is 0 Å². The Bertz CT molecular complexity index is 275. The van der Waals surface area contributed by atoms with Crippen LogP contribution >= 0.6 is 0 Å². The molecule has 0 aromatic carbocycles. The van der Waals surface area contributed by atoms with Gasteiger partial charge in [0.1, 0.15) is 12.4 Å². The van der Waals surface area contributed by atoms with E-state index in [1.54, 1.807) is 12.4 Å². The summed E-state index contributed by atoms with van der Waals surface area (Å²) in [6.45, 7) is 1.79. The van der Waals surface area contributed by atoms with Crippen LogP contribution in [0.25, 0.3) is 0 Å². The normalized spacial score (nSPS) is 24.5. The summed E-state index contributed by atoms with van der Waals surface area (Å²) in [5.41, 5.74) is 6.86. The molecule has 2 atom stereocenters. The van der Waals surface area contributed by atoms with Crippen LogP contribution < -0.4 is 5.73 Å². The van der Waals surface area contributed by atoms with E-state index in [2.05, 4.69) is 9.97 Å². The fourth-order valence-corrected chi connectivity index (χ4v) is 1.41. The molecular weight excluding hydrogens is 182 g/mol. The van der Waals surface area contributed by atoms with Crippen LogP contribution in [0.5, 0.6) is 0 Å². The van der Waals surface area contributed by atoms with Gasteiger partial charge in [0.2, 0.25) is 0 Å². The van der Waals surface area contributed by atoms with Crippen LogP contribution in [0.15, 0.2) is 18.7 Å². The van der Waals surface area contributed by atoms with Gasteiger partial charge in [0.05, 0.1) is 25.9 Å². The van der Waals surface area contributed by atoms with Crippen LogP contribution in [-0.4, -0.2) is 35.9 Å². The van der Waals surface area contributed by atoms with Gasteiger partial charge in [-0.1, -0.05) is 0 Å². The highest BCUT2D eigenvalue weighted by atomic mass is 16.6. The van der Waals surface area contributed by atoms with Gasteiger partial charge in [-0.2, -0.15) is 0 Å². The summed E-state index contributed by atoms with van der Waals surface area (Å²) >= 11 is 0. The van der Waals surface area contributed by atoms with Gasteiger partial charge in [-0.05, 0) is 0 Å². The zero-order valence-electron chi connectivity index (χ0n) is 7.80. The average molecular weight is 195 g/mol. The van der Waals surface area contributed by atoms with Crippen molar-refractivity contribution < 1.29 is 9.47 Å². The second-order valence-corrected chi connectivity index (χ2v) is 3.18. The third kappa shape index (κ3) is 2.06. The van der Waals surface area contributed by atoms with Crippen molar-refractivity contribution in [2.45, 2.75) is 12.1 Å².